The van der Waals surface area contributed by atoms with Gasteiger partial charge in [0.25, 0.3) is 0 Å². The van der Waals surface area contributed by atoms with Gasteiger partial charge in [0.15, 0.2) is 0 Å². The lowest BCUT2D eigenvalue weighted by molar-refractivity contribution is -0.141. The van der Waals surface area contributed by atoms with Gasteiger partial charge in [0.05, 0.1) is 13.7 Å². The number of aryl methyl sites for hydroxylation is 1. The van der Waals surface area contributed by atoms with E-state index in [0.29, 0.717) is 25.4 Å². The van der Waals surface area contributed by atoms with Gasteiger partial charge in [-0.15, -0.1) is 0 Å². The Morgan fingerprint density at radius 1 is 0.964 bits per heavy atom. The first-order valence-corrected chi connectivity index (χ1v) is 9.22. The second-order valence-electron chi connectivity index (χ2n) is 7.08. The van der Waals surface area contributed by atoms with Gasteiger partial charge < -0.3 is 20.1 Å². The fraction of sp³-hybridized carbons (Fsp3) is 0.364. The molecule has 0 heterocycles. The van der Waals surface area contributed by atoms with Crippen LogP contribution >= 0.6 is 0 Å². The Morgan fingerprint density at radius 3 is 2.25 bits per heavy atom. The van der Waals surface area contributed by atoms with E-state index in [4.69, 9.17) is 9.47 Å². The van der Waals surface area contributed by atoms with Gasteiger partial charge in [-0.3, -0.25) is 9.59 Å². The van der Waals surface area contributed by atoms with Gasteiger partial charge >= 0.3 is 0 Å². The summed E-state index contributed by atoms with van der Waals surface area (Å²) < 4.78 is 10.7. The van der Waals surface area contributed by atoms with Crippen molar-refractivity contribution in [1.82, 2.24) is 10.6 Å². The molecule has 0 unspecified atom stereocenters. The molecule has 0 aliphatic heterocycles. The first-order valence-electron chi connectivity index (χ1n) is 9.22. The van der Waals surface area contributed by atoms with E-state index in [-0.39, 0.29) is 11.8 Å². The normalized spacial score (nSPS) is 10.9. The fourth-order valence-electron chi connectivity index (χ4n) is 2.55. The van der Waals surface area contributed by atoms with Crippen LogP contribution in [0.1, 0.15) is 25.0 Å². The number of methoxy groups -OCH3 is 1. The van der Waals surface area contributed by atoms with Gasteiger partial charge in [-0.2, -0.15) is 0 Å². The number of benzene rings is 2. The van der Waals surface area contributed by atoms with E-state index in [0.717, 1.165) is 16.9 Å². The van der Waals surface area contributed by atoms with E-state index >= 15 is 0 Å². The number of carbonyl (C=O) groups excluding carboxylic acids is 2. The van der Waals surface area contributed by atoms with E-state index in [2.05, 4.69) is 10.6 Å². The van der Waals surface area contributed by atoms with E-state index in [9.17, 15) is 9.59 Å². The Hall–Kier alpha value is -3.02. The number of amides is 2. The average molecular weight is 384 g/mol. The lowest BCUT2D eigenvalue weighted by Crippen LogP contribution is -2.48. The van der Waals surface area contributed by atoms with Gasteiger partial charge in [0, 0.05) is 6.54 Å². The molecule has 2 N–H and O–H groups in total. The molecule has 0 atom stereocenters. The fourth-order valence-corrected chi connectivity index (χ4v) is 2.55. The number of hydrogen-bond donors (Lipinski definition) is 2. The van der Waals surface area contributed by atoms with Gasteiger partial charge in [0.2, 0.25) is 11.8 Å². The summed E-state index contributed by atoms with van der Waals surface area (Å²) in [5, 5.41) is 5.59. The smallest absolute Gasteiger partial charge is 0.235 e. The van der Waals surface area contributed by atoms with E-state index in [1.165, 1.54) is 0 Å². The third kappa shape index (κ3) is 6.01. The first-order chi connectivity index (χ1) is 13.3. The van der Waals surface area contributed by atoms with Crippen LogP contribution < -0.4 is 20.1 Å². The first kappa shape index (κ1) is 21.3. The van der Waals surface area contributed by atoms with Crippen LogP contribution in [0.25, 0.3) is 0 Å². The lowest BCUT2D eigenvalue weighted by atomic mass is 9.91. The van der Waals surface area contributed by atoms with Crippen molar-refractivity contribution in [2.45, 2.75) is 27.3 Å². The Morgan fingerprint density at radius 2 is 1.61 bits per heavy atom. The standard InChI is InChI=1S/C22H28N2O4/c1-16-6-5-7-17(14-16)15-24-21(26)22(2,3)20(25)23-12-13-28-19-10-8-18(27-4)9-11-19/h5-11,14H,12-13,15H2,1-4H3,(H,23,25)(H,24,26). The molecule has 28 heavy (non-hydrogen) atoms. The summed E-state index contributed by atoms with van der Waals surface area (Å²) in [6, 6.07) is 15.1. The Kier molecular flexibility index (Phi) is 7.44. The molecule has 0 aromatic heterocycles. The van der Waals surface area contributed by atoms with E-state index in [1.807, 2.05) is 31.2 Å². The highest BCUT2D eigenvalue weighted by atomic mass is 16.5. The van der Waals surface area contributed by atoms with Crippen LogP contribution in [0.2, 0.25) is 0 Å². The summed E-state index contributed by atoms with van der Waals surface area (Å²) in [6.07, 6.45) is 0. The molecule has 0 saturated carbocycles. The van der Waals surface area contributed by atoms with Crippen LogP contribution in [-0.2, 0) is 16.1 Å². The average Bonchev–Trinajstić information content (AvgIpc) is 2.69. The monoisotopic (exact) mass is 384 g/mol. The highest BCUT2D eigenvalue weighted by molar-refractivity contribution is 6.04. The molecular weight excluding hydrogens is 356 g/mol. The third-order valence-corrected chi connectivity index (χ3v) is 4.39. The van der Waals surface area contributed by atoms with Crippen LogP contribution in [0, 0.1) is 12.3 Å². The largest absolute Gasteiger partial charge is 0.497 e. The number of hydrogen-bond acceptors (Lipinski definition) is 4. The summed E-state index contributed by atoms with van der Waals surface area (Å²) in [5.74, 6) is 0.777. The molecule has 6 heteroatoms. The zero-order chi connectivity index (χ0) is 20.6. The molecule has 0 aliphatic rings. The second-order valence-corrected chi connectivity index (χ2v) is 7.08. The lowest BCUT2D eigenvalue weighted by Gasteiger charge is -2.23. The van der Waals surface area contributed by atoms with Gasteiger partial charge in [0.1, 0.15) is 23.5 Å². The molecule has 0 fully saturated rings. The topological polar surface area (TPSA) is 76.7 Å². The highest BCUT2D eigenvalue weighted by Crippen LogP contribution is 2.17. The van der Waals surface area contributed by atoms with Crippen molar-refractivity contribution in [1.29, 1.82) is 0 Å². The molecule has 2 rings (SSSR count). The summed E-state index contributed by atoms with van der Waals surface area (Å²) in [7, 11) is 1.60. The summed E-state index contributed by atoms with van der Waals surface area (Å²) in [5.41, 5.74) is 0.947. The number of ether oxygens (including phenoxy) is 2. The SMILES string of the molecule is COc1ccc(OCCNC(=O)C(C)(C)C(=O)NCc2cccc(C)c2)cc1. The number of nitrogens with one attached hydrogen (secondary N) is 2. The van der Waals surface area contributed by atoms with Crippen LogP contribution in [0.3, 0.4) is 0 Å². The molecule has 150 valence electrons. The van der Waals surface area contributed by atoms with Crippen molar-refractivity contribution >= 4 is 11.8 Å². The van der Waals surface area contributed by atoms with Crippen LogP contribution in [0.5, 0.6) is 11.5 Å². The van der Waals surface area contributed by atoms with Crippen molar-refractivity contribution in [3.8, 4) is 11.5 Å². The quantitative estimate of drug-likeness (QED) is 0.515. The molecule has 2 amide bonds. The van der Waals surface area contributed by atoms with Crippen molar-refractivity contribution in [2.75, 3.05) is 20.3 Å². The molecular formula is C22H28N2O4. The zero-order valence-corrected chi connectivity index (χ0v) is 16.9. The van der Waals surface area contributed by atoms with Crippen LogP contribution in [0.15, 0.2) is 48.5 Å². The predicted molar refractivity (Wildman–Crippen MR) is 108 cm³/mol. The maximum Gasteiger partial charge on any atom is 0.235 e. The number of carbonyl (C=O) groups is 2. The molecule has 0 bridgehead atoms. The summed E-state index contributed by atoms with van der Waals surface area (Å²) >= 11 is 0. The molecule has 2 aromatic rings. The van der Waals surface area contributed by atoms with Gasteiger partial charge in [-0.25, -0.2) is 0 Å². The molecule has 6 nitrogen and oxygen atoms in total. The Labute approximate surface area is 166 Å². The predicted octanol–water partition coefficient (Wildman–Crippen LogP) is 2.84. The van der Waals surface area contributed by atoms with Gasteiger partial charge in [-0.1, -0.05) is 29.8 Å². The van der Waals surface area contributed by atoms with Crippen LogP contribution in [0.4, 0.5) is 0 Å². The third-order valence-electron chi connectivity index (χ3n) is 4.39. The minimum Gasteiger partial charge on any atom is -0.497 e. The van der Waals surface area contributed by atoms with Gasteiger partial charge in [-0.05, 0) is 50.6 Å². The highest BCUT2D eigenvalue weighted by Gasteiger charge is 2.35. The molecule has 2 aromatic carbocycles. The van der Waals surface area contributed by atoms with Crippen molar-refractivity contribution < 1.29 is 19.1 Å². The molecule has 0 aliphatic carbocycles. The van der Waals surface area contributed by atoms with Crippen molar-refractivity contribution in [3.63, 3.8) is 0 Å². The summed E-state index contributed by atoms with van der Waals surface area (Å²) in [6.45, 7) is 6.21. The molecule has 0 saturated heterocycles. The minimum atomic E-state index is -1.18. The zero-order valence-electron chi connectivity index (χ0n) is 16.9. The minimum absolute atomic E-state index is 0.305. The number of rotatable bonds is 9. The summed E-state index contributed by atoms with van der Waals surface area (Å²) in [4.78, 5) is 24.9. The molecule has 0 spiro atoms. The second kappa shape index (κ2) is 9.78. The maximum absolute atomic E-state index is 12.5. The van der Waals surface area contributed by atoms with E-state index in [1.54, 1.807) is 45.2 Å². The van der Waals surface area contributed by atoms with Crippen molar-refractivity contribution in [3.05, 3.63) is 59.7 Å². The van der Waals surface area contributed by atoms with E-state index < -0.39 is 5.41 Å². The Bertz CT molecular complexity index is 800. The Balaban J connectivity index is 1.76. The maximum atomic E-state index is 12.5. The molecule has 0 radical (unpaired) electrons. The van der Waals surface area contributed by atoms with Crippen LogP contribution in [-0.4, -0.2) is 32.1 Å². The van der Waals surface area contributed by atoms with Crippen molar-refractivity contribution in [2.24, 2.45) is 5.41 Å².